The van der Waals surface area contributed by atoms with Crippen molar-refractivity contribution in [2.24, 2.45) is 0 Å². The average Bonchev–Trinajstić information content (AvgIpc) is 3.11. The first-order valence-corrected chi connectivity index (χ1v) is 12.8. The lowest BCUT2D eigenvalue weighted by atomic mass is 10.0. The van der Waals surface area contributed by atoms with Crippen LogP contribution in [-0.2, 0) is 26.2 Å². The highest BCUT2D eigenvalue weighted by Gasteiger charge is 2.47. The van der Waals surface area contributed by atoms with Crippen molar-refractivity contribution in [2.45, 2.75) is 51.6 Å². The molecule has 0 N–H and O–H groups in total. The van der Waals surface area contributed by atoms with Gasteiger partial charge in [0.05, 0.1) is 17.0 Å². The lowest BCUT2D eigenvalue weighted by Crippen LogP contribution is -2.45. The first-order valence-electron chi connectivity index (χ1n) is 11.4. The Labute approximate surface area is 209 Å². The van der Waals surface area contributed by atoms with E-state index in [1.807, 2.05) is 19.9 Å². The van der Waals surface area contributed by atoms with Gasteiger partial charge in [0.25, 0.3) is 5.91 Å². The summed E-state index contributed by atoms with van der Waals surface area (Å²) in [4.78, 5) is 27.4. The number of hydrogen-bond acceptors (Lipinski definition) is 4. The third-order valence-electron chi connectivity index (χ3n) is 6.67. The standard InChI is InChI=1S/C27H26F2N2O4S/c1-16-13-17(2)19(4)26(18(16)3)36(34,35)30(15-20-5-7-21(28)8-6-20)24-14-25(32)31(27(24)33)23-11-9-22(29)10-12-23/h5-13,24H,14-15H2,1-4H3. The number of aryl methyl sites for hydroxylation is 2. The molecule has 1 fully saturated rings. The zero-order valence-corrected chi connectivity index (χ0v) is 21.2. The molecule has 1 unspecified atom stereocenters. The first-order chi connectivity index (χ1) is 16.9. The van der Waals surface area contributed by atoms with Gasteiger partial charge < -0.3 is 0 Å². The molecule has 0 bridgehead atoms. The van der Waals surface area contributed by atoms with Crippen LogP contribution in [0.25, 0.3) is 0 Å². The Kier molecular flexibility index (Phi) is 6.81. The first kappa shape index (κ1) is 25.7. The molecule has 9 heteroatoms. The summed E-state index contributed by atoms with van der Waals surface area (Å²) in [5, 5.41) is 0. The van der Waals surface area contributed by atoms with E-state index >= 15 is 0 Å². The summed E-state index contributed by atoms with van der Waals surface area (Å²) in [7, 11) is -4.29. The van der Waals surface area contributed by atoms with E-state index < -0.39 is 39.5 Å². The molecule has 4 rings (SSSR count). The van der Waals surface area contributed by atoms with Crippen LogP contribution in [0.1, 0.15) is 34.2 Å². The SMILES string of the molecule is Cc1cc(C)c(C)c(S(=O)(=O)N(Cc2ccc(F)cc2)C2CC(=O)N(c3ccc(F)cc3)C2=O)c1C. The number of rotatable bonds is 6. The molecule has 0 aliphatic carbocycles. The zero-order chi connectivity index (χ0) is 26.4. The summed E-state index contributed by atoms with van der Waals surface area (Å²) in [6.07, 6.45) is -0.375. The fourth-order valence-corrected chi connectivity index (χ4v) is 6.67. The molecule has 1 aliphatic rings. The van der Waals surface area contributed by atoms with Crippen LogP contribution in [0.3, 0.4) is 0 Å². The zero-order valence-electron chi connectivity index (χ0n) is 20.4. The maximum Gasteiger partial charge on any atom is 0.252 e. The topological polar surface area (TPSA) is 74.8 Å². The van der Waals surface area contributed by atoms with E-state index in [9.17, 15) is 26.8 Å². The van der Waals surface area contributed by atoms with Crippen molar-refractivity contribution < 1.29 is 26.8 Å². The highest BCUT2D eigenvalue weighted by molar-refractivity contribution is 7.89. The molecule has 0 radical (unpaired) electrons. The summed E-state index contributed by atoms with van der Waals surface area (Å²) in [5.74, 6) is -2.33. The van der Waals surface area contributed by atoms with E-state index in [1.54, 1.807) is 13.8 Å². The number of halogens is 2. The number of amides is 2. The van der Waals surface area contributed by atoms with Gasteiger partial charge in [-0.1, -0.05) is 18.2 Å². The van der Waals surface area contributed by atoms with Gasteiger partial charge in [-0.3, -0.25) is 9.59 Å². The van der Waals surface area contributed by atoms with Crippen molar-refractivity contribution in [3.63, 3.8) is 0 Å². The maximum atomic E-state index is 14.2. The summed E-state index contributed by atoms with van der Waals surface area (Å²) in [6.45, 7) is 6.79. The summed E-state index contributed by atoms with van der Waals surface area (Å²) >= 11 is 0. The van der Waals surface area contributed by atoms with E-state index in [2.05, 4.69) is 0 Å². The fraction of sp³-hybridized carbons (Fsp3) is 0.259. The van der Waals surface area contributed by atoms with Crippen LogP contribution in [0, 0.1) is 39.3 Å². The minimum Gasteiger partial charge on any atom is -0.274 e. The van der Waals surface area contributed by atoms with Crippen molar-refractivity contribution in [3.05, 3.63) is 94.0 Å². The quantitative estimate of drug-likeness (QED) is 0.448. The van der Waals surface area contributed by atoms with Gasteiger partial charge in [-0.05, 0) is 91.9 Å². The number of imide groups is 1. The van der Waals surface area contributed by atoms with Gasteiger partial charge >= 0.3 is 0 Å². The van der Waals surface area contributed by atoms with E-state index in [1.165, 1.54) is 36.4 Å². The average molecular weight is 513 g/mol. The molecular weight excluding hydrogens is 486 g/mol. The number of anilines is 1. The summed E-state index contributed by atoms with van der Waals surface area (Å²) in [5.41, 5.74) is 3.27. The second kappa shape index (κ2) is 9.55. The van der Waals surface area contributed by atoms with Gasteiger partial charge in [-0.25, -0.2) is 22.1 Å². The van der Waals surface area contributed by atoms with E-state index in [4.69, 9.17) is 0 Å². The Morgan fingerprint density at radius 2 is 1.36 bits per heavy atom. The molecule has 1 aliphatic heterocycles. The minimum atomic E-state index is -4.29. The molecule has 2 amide bonds. The third-order valence-corrected chi connectivity index (χ3v) is 8.80. The monoisotopic (exact) mass is 512 g/mol. The van der Waals surface area contributed by atoms with Crippen molar-refractivity contribution >= 4 is 27.5 Å². The van der Waals surface area contributed by atoms with Crippen molar-refractivity contribution in [1.29, 1.82) is 0 Å². The molecule has 0 aromatic heterocycles. The van der Waals surface area contributed by atoms with Crippen molar-refractivity contribution in [1.82, 2.24) is 4.31 Å². The number of hydrogen-bond donors (Lipinski definition) is 0. The van der Waals surface area contributed by atoms with Gasteiger partial charge in [-0.15, -0.1) is 0 Å². The van der Waals surface area contributed by atoms with Crippen LogP contribution in [-0.4, -0.2) is 30.6 Å². The molecule has 188 valence electrons. The van der Waals surface area contributed by atoms with Gasteiger partial charge in [0.2, 0.25) is 15.9 Å². The van der Waals surface area contributed by atoms with Gasteiger partial charge in [-0.2, -0.15) is 4.31 Å². The molecule has 0 saturated carbocycles. The molecule has 6 nitrogen and oxygen atoms in total. The van der Waals surface area contributed by atoms with Crippen molar-refractivity contribution in [3.8, 4) is 0 Å². The lowest BCUT2D eigenvalue weighted by Gasteiger charge is -2.29. The second-order valence-electron chi connectivity index (χ2n) is 9.03. The normalized spacial score (nSPS) is 16.3. The maximum absolute atomic E-state index is 14.2. The van der Waals surface area contributed by atoms with Crippen LogP contribution in [0.15, 0.2) is 59.5 Å². The lowest BCUT2D eigenvalue weighted by molar-refractivity contribution is -0.122. The highest BCUT2D eigenvalue weighted by Crippen LogP contribution is 2.34. The summed E-state index contributed by atoms with van der Waals surface area (Å²) < 4.78 is 56.4. The number of sulfonamides is 1. The van der Waals surface area contributed by atoms with Crippen LogP contribution in [0.5, 0.6) is 0 Å². The molecule has 1 atom stereocenters. The fourth-order valence-electron chi connectivity index (χ4n) is 4.52. The van der Waals surface area contributed by atoms with Crippen molar-refractivity contribution in [2.75, 3.05) is 4.90 Å². The van der Waals surface area contributed by atoms with E-state index in [0.717, 1.165) is 32.5 Å². The second-order valence-corrected chi connectivity index (χ2v) is 10.9. The molecule has 3 aromatic carbocycles. The van der Waals surface area contributed by atoms with Gasteiger partial charge in [0.1, 0.15) is 17.7 Å². The van der Waals surface area contributed by atoms with E-state index in [0.29, 0.717) is 16.7 Å². The Morgan fingerprint density at radius 3 is 1.89 bits per heavy atom. The Balaban J connectivity index is 1.84. The Hall–Kier alpha value is -3.43. The molecule has 1 saturated heterocycles. The number of benzene rings is 3. The molecule has 1 heterocycles. The highest BCUT2D eigenvalue weighted by atomic mass is 32.2. The number of carbonyl (C=O) groups excluding carboxylic acids is 2. The molecule has 0 spiro atoms. The van der Waals surface area contributed by atoms with Gasteiger partial charge in [0, 0.05) is 6.54 Å². The number of nitrogens with zero attached hydrogens (tertiary/aromatic N) is 2. The Morgan fingerprint density at radius 1 is 0.861 bits per heavy atom. The van der Waals surface area contributed by atoms with Crippen LogP contribution in [0.2, 0.25) is 0 Å². The number of carbonyl (C=O) groups is 2. The largest absolute Gasteiger partial charge is 0.274 e. The predicted octanol–water partition coefficient (Wildman–Crippen LogP) is 4.72. The third kappa shape index (κ3) is 4.56. The van der Waals surface area contributed by atoms with E-state index in [-0.39, 0.29) is 23.5 Å². The molecule has 3 aromatic rings. The van der Waals surface area contributed by atoms with Crippen LogP contribution in [0.4, 0.5) is 14.5 Å². The van der Waals surface area contributed by atoms with Crippen LogP contribution >= 0.6 is 0 Å². The predicted molar refractivity (Wildman–Crippen MR) is 132 cm³/mol. The molecule has 36 heavy (non-hydrogen) atoms. The molecular formula is C27H26F2N2O4S. The summed E-state index contributed by atoms with van der Waals surface area (Å²) in [6, 6.07) is 10.7. The Bertz CT molecular complexity index is 1430. The van der Waals surface area contributed by atoms with Gasteiger partial charge in [0.15, 0.2) is 0 Å². The smallest absolute Gasteiger partial charge is 0.252 e. The van der Waals surface area contributed by atoms with Crippen LogP contribution < -0.4 is 4.90 Å². The minimum absolute atomic E-state index is 0.0857.